The lowest BCUT2D eigenvalue weighted by atomic mass is 10.2. The number of carboxylic acid groups (broad SMARTS) is 1. The maximum Gasteiger partial charge on any atom is 0.335 e. The molecule has 6 nitrogen and oxygen atoms in total. The Balaban J connectivity index is 2.93. The monoisotopic (exact) mass is 287 g/mol. The molecule has 1 rings (SSSR count). The van der Waals surface area contributed by atoms with Crippen molar-refractivity contribution < 1.29 is 23.2 Å². The number of hydrogen-bond acceptors (Lipinski definition) is 4. The van der Waals surface area contributed by atoms with E-state index in [9.17, 15) is 13.2 Å². The molecule has 0 radical (unpaired) electrons. The normalized spacial score (nSPS) is 11.7. The molecule has 0 bridgehead atoms. The number of sulfonamides is 1. The molecule has 0 atom stereocenters. The zero-order valence-electron chi connectivity index (χ0n) is 10.9. The molecule has 0 aliphatic carbocycles. The molecule has 0 spiro atoms. The van der Waals surface area contributed by atoms with E-state index in [-0.39, 0.29) is 10.5 Å². The highest BCUT2D eigenvalue weighted by molar-refractivity contribution is 7.89. The third kappa shape index (κ3) is 4.02. The van der Waals surface area contributed by atoms with Gasteiger partial charge in [-0.1, -0.05) is 23.9 Å². The standard InChI is InChI=1S/C12H17NO5S/c1-3-4-8-18-13(2)19(16,17)11-7-5-6-10(9-11)12(14)15/h5-7,9H,3-4,8H2,1-2H3,(H,14,15). The minimum atomic E-state index is -3.83. The molecule has 0 saturated heterocycles. The molecule has 0 aliphatic heterocycles. The van der Waals surface area contributed by atoms with Crippen LogP contribution in [0, 0.1) is 0 Å². The zero-order valence-corrected chi connectivity index (χ0v) is 11.7. The van der Waals surface area contributed by atoms with E-state index < -0.39 is 16.0 Å². The second kappa shape index (κ2) is 6.65. The Kier molecular flexibility index (Phi) is 5.46. The van der Waals surface area contributed by atoms with E-state index in [0.717, 1.165) is 23.4 Å². The fourth-order valence-electron chi connectivity index (χ4n) is 1.34. The number of benzene rings is 1. The zero-order chi connectivity index (χ0) is 14.5. The maximum absolute atomic E-state index is 12.1. The van der Waals surface area contributed by atoms with Crippen LogP contribution in [0.4, 0.5) is 0 Å². The van der Waals surface area contributed by atoms with Crippen LogP contribution in [0.2, 0.25) is 0 Å². The number of rotatable bonds is 7. The summed E-state index contributed by atoms with van der Waals surface area (Å²) in [4.78, 5) is 15.8. The molecule has 1 N–H and O–H groups in total. The molecular weight excluding hydrogens is 270 g/mol. The Labute approximate surface area is 112 Å². The number of unbranched alkanes of at least 4 members (excludes halogenated alkanes) is 1. The molecule has 7 heteroatoms. The quantitative estimate of drug-likeness (QED) is 0.610. The highest BCUT2D eigenvalue weighted by atomic mass is 32.2. The Morgan fingerprint density at radius 3 is 2.68 bits per heavy atom. The van der Waals surface area contributed by atoms with Gasteiger partial charge in [0.2, 0.25) is 0 Å². The van der Waals surface area contributed by atoms with Crippen LogP contribution in [0.5, 0.6) is 0 Å². The summed E-state index contributed by atoms with van der Waals surface area (Å²) in [6.45, 7) is 2.26. The summed E-state index contributed by atoms with van der Waals surface area (Å²) in [5, 5.41) is 8.85. The van der Waals surface area contributed by atoms with Gasteiger partial charge in [-0.2, -0.15) is 0 Å². The fraction of sp³-hybridized carbons (Fsp3) is 0.417. The molecule has 1 aromatic carbocycles. The second-order valence-corrected chi connectivity index (χ2v) is 5.87. The van der Waals surface area contributed by atoms with Crippen LogP contribution in [-0.4, -0.2) is 37.6 Å². The Morgan fingerprint density at radius 1 is 1.42 bits per heavy atom. The fourth-order valence-corrected chi connectivity index (χ4v) is 2.38. The minimum Gasteiger partial charge on any atom is -0.478 e. The lowest BCUT2D eigenvalue weighted by Gasteiger charge is -2.16. The van der Waals surface area contributed by atoms with Gasteiger partial charge in [-0.3, -0.25) is 4.84 Å². The second-order valence-electron chi connectivity index (χ2n) is 3.93. The van der Waals surface area contributed by atoms with E-state index in [1.807, 2.05) is 6.92 Å². The third-order valence-corrected chi connectivity index (χ3v) is 4.12. The molecule has 0 aromatic heterocycles. The summed E-state index contributed by atoms with van der Waals surface area (Å²) in [6, 6.07) is 5.16. The van der Waals surface area contributed by atoms with Crippen LogP contribution >= 0.6 is 0 Å². The van der Waals surface area contributed by atoms with Gasteiger partial charge >= 0.3 is 5.97 Å². The lowest BCUT2D eigenvalue weighted by molar-refractivity contribution is -0.0658. The topological polar surface area (TPSA) is 83.9 Å². The first-order chi connectivity index (χ1) is 8.89. The van der Waals surface area contributed by atoms with Crippen molar-refractivity contribution in [1.82, 2.24) is 4.47 Å². The van der Waals surface area contributed by atoms with Crippen molar-refractivity contribution in [2.45, 2.75) is 24.7 Å². The minimum absolute atomic E-state index is 0.0805. The summed E-state index contributed by atoms with van der Waals surface area (Å²) in [5.74, 6) is -1.17. The van der Waals surface area contributed by atoms with Gasteiger partial charge in [0.15, 0.2) is 0 Å². The van der Waals surface area contributed by atoms with E-state index in [0.29, 0.717) is 6.61 Å². The van der Waals surface area contributed by atoms with Gasteiger partial charge in [-0.15, -0.1) is 0 Å². The van der Waals surface area contributed by atoms with Crippen LogP contribution in [0.1, 0.15) is 30.1 Å². The van der Waals surface area contributed by atoms with Crippen molar-refractivity contribution in [1.29, 1.82) is 0 Å². The van der Waals surface area contributed by atoms with E-state index in [4.69, 9.17) is 9.94 Å². The van der Waals surface area contributed by atoms with E-state index in [1.54, 1.807) is 0 Å². The molecule has 0 saturated carbocycles. The summed E-state index contributed by atoms with van der Waals surface area (Å²) >= 11 is 0. The number of carboxylic acids is 1. The number of hydroxylamine groups is 1. The summed E-state index contributed by atoms with van der Waals surface area (Å²) in [7, 11) is -2.54. The van der Waals surface area contributed by atoms with Gasteiger partial charge in [-0.25, -0.2) is 13.2 Å². The number of aromatic carboxylic acids is 1. The van der Waals surface area contributed by atoms with Crippen molar-refractivity contribution >= 4 is 16.0 Å². The van der Waals surface area contributed by atoms with Crippen molar-refractivity contribution in [2.24, 2.45) is 0 Å². The number of nitrogens with zero attached hydrogens (tertiary/aromatic N) is 1. The van der Waals surface area contributed by atoms with Crippen LogP contribution < -0.4 is 0 Å². The van der Waals surface area contributed by atoms with E-state index in [2.05, 4.69) is 0 Å². The van der Waals surface area contributed by atoms with E-state index in [1.165, 1.54) is 25.2 Å². The van der Waals surface area contributed by atoms with Gasteiger partial charge < -0.3 is 5.11 Å². The molecule has 1 aromatic rings. The Hall–Kier alpha value is -1.44. The molecule has 0 fully saturated rings. The molecule has 0 aliphatic rings. The number of carbonyl (C=O) groups is 1. The van der Waals surface area contributed by atoms with Gasteiger partial charge in [0.25, 0.3) is 10.0 Å². The highest BCUT2D eigenvalue weighted by Crippen LogP contribution is 2.16. The van der Waals surface area contributed by atoms with Crippen molar-refractivity contribution in [2.75, 3.05) is 13.7 Å². The van der Waals surface area contributed by atoms with Gasteiger partial charge in [0.05, 0.1) is 17.1 Å². The summed E-state index contributed by atoms with van der Waals surface area (Å²) in [5.41, 5.74) is -0.0805. The smallest absolute Gasteiger partial charge is 0.335 e. The van der Waals surface area contributed by atoms with Crippen LogP contribution in [-0.2, 0) is 14.9 Å². The number of hydrogen-bond donors (Lipinski definition) is 1. The molecule has 0 amide bonds. The molecule has 19 heavy (non-hydrogen) atoms. The van der Waals surface area contributed by atoms with Crippen molar-refractivity contribution in [3.63, 3.8) is 0 Å². The third-order valence-electron chi connectivity index (χ3n) is 2.49. The average Bonchev–Trinajstić information content (AvgIpc) is 2.39. The summed E-state index contributed by atoms with van der Waals surface area (Å²) < 4.78 is 25.0. The maximum atomic E-state index is 12.1. The van der Waals surface area contributed by atoms with Crippen LogP contribution in [0.25, 0.3) is 0 Å². The molecule has 106 valence electrons. The lowest BCUT2D eigenvalue weighted by Crippen LogP contribution is -2.27. The van der Waals surface area contributed by atoms with Crippen molar-refractivity contribution in [3.05, 3.63) is 29.8 Å². The SMILES string of the molecule is CCCCON(C)S(=O)(=O)c1cccc(C(=O)O)c1. The predicted octanol–water partition coefficient (Wildman–Crippen LogP) is 1.74. The average molecular weight is 287 g/mol. The van der Waals surface area contributed by atoms with E-state index >= 15 is 0 Å². The van der Waals surface area contributed by atoms with Crippen LogP contribution in [0.3, 0.4) is 0 Å². The largest absolute Gasteiger partial charge is 0.478 e. The Bertz CT molecular complexity index is 541. The highest BCUT2D eigenvalue weighted by Gasteiger charge is 2.22. The first-order valence-electron chi connectivity index (χ1n) is 5.84. The van der Waals surface area contributed by atoms with Gasteiger partial charge in [0.1, 0.15) is 0 Å². The van der Waals surface area contributed by atoms with Crippen molar-refractivity contribution in [3.8, 4) is 0 Å². The molecular formula is C12H17NO5S. The first kappa shape index (κ1) is 15.6. The Morgan fingerprint density at radius 2 is 2.11 bits per heavy atom. The van der Waals surface area contributed by atoms with Crippen LogP contribution in [0.15, 0.2) is 29.2 Å². The summed E-state index contributed by atoms with van der Waals surface area (Å²) in [6.07, 6.45) is 1.64. The molecule has 0 unspecified atom stereocenters. The van der Waals surface area contributed by atoms with Gasteiger partial charge in [0, 0.05) is 7.05 Å². The predicted molar refractivity (Wildman–Crippen MR) is 69.2 cm³/mol. The first-order valence-corrected chi connectivity index (χ1v) is 7.28. The molecule has 0 heterocycles. The van der Waals surface area contributed by atoms with Gasteiger partial charge in [-0.05, 0) is 24.6 Å².